The van der Waals surface area contributed by atoms with Gasteiger partial charge in [0, 0.05) is 18.6 Å². The maximum Gasteiger partial charge on any atom is 0.0131 e. The van der Waals surface area contributed by atoms with Crippen molar-refractivity contribution in [2.45, 2.75) is 65.0 Å². The van der Waals surface area contributed by atoms with Crippen molar-refractivity contribution < 1.29 is 0 Å². The zero-order valence-electron chi connectivity index (χ0n) is 14.1. The molecular weight excluding hydrogens is 246 g/mol. The summed E-state index contributed by atoms with van der Waals surface area (Å²) in [6.07, 6.45) is 6.63. The summed E-state index contributed by atoms with van der Waals surface area (Å²) in [5.41, 5.74) is 6.87. The van der Waals surface area contributed by atoms with E-state index in [1.807, 2.05) is 0 Å². The van der Waals surface area contributed by atoms with Crippen molar-refractivity contribution in [3.63, 3.8) is 0 Å². The van der Waals surface area contributed by atoms with Crippen LogP contribution in [-0.2, 0) is 0 Å². The van der Waals surface area contributed by atoms with E-state index in [-0.39, 0.29) is 0 Å². The van der Waals surface area contributed by atoms with Gasteiger partial charge in [0.05, 0.1) is 0 Å². The Morgan fingerprint density at radius 2 is 1.85 bits per heavy atom. The van der Waals surface area contributed by atoms with E-state index in [1.165, 1.54) is 58.3 Å². The molecule has 2 rings (SSSR count). The van der Waals surface area contributed by atoms with E-state index >= 15 is 0 Å². The molecule has 0 aromatic carbocycles. The zero-order chi connectivity index (χ0) is 14.8. The summed E-state index contributed by atoms with van der Waals surface area (Å²) in [4.78, 5) is 5.18. The molecule has 2 fully saturated rings. The van der Waals surface area contributed by atoms with Gasteiger partial charge in [-0.2, -0.15) is 0 Å². The smallest absolute Gasteiger partial charge is 0.0131 e. The van der Waals surface area contributed by atoms with Crippen molar-refractivity contribution >= 4 is 0 Å². The van der Waals surface area contributed by atoms with Crippen molar-refractivity contribution in [1.82, 2.24) is 9.80 Å². The van der Waals surface area contributed by atoms with Crippen molar-refractivity contribution in [3.8, 4) is 0 Å². The molecule has 1 aliphatic carbocycles. The van der Waals surface area contributed by atoms with E-state index < -0.39 is 0 Å². The molecule has 0 spiro atoms. The number of hydrogen-bond acceptors (Lipinski definition) is 3. The Morgan fingerprint density at radius 1 is 1.20 bits per heavy atom. The average molecular weight is 281 g/mol. The Kier molecular flexibility index (Phi) is 5.49. The molecule has 0 bridgehead atoms. The fourth-order valence-corrected chi connectivity index (χ4v) is 4.20. The number of piperidine rings is 1. The van der Waals surface area contributed by atoms with E-state index in [1.54, 1.807) is 0 Å². The molecule has 1 saturated heterocycles. The van der Waals surface area contributed by atoms with E-state index in [0.29, 0.717) is 17.4 Å². The Hall–Kier alpha value is -0.120. The van der Waals surface area contributed by atoms with Crippen molar-refractivity contribution in [2.75, 3.05) is 33.2 Å². The van der Waals surface area contributed by atoms with Crippen LogP contribution in [-0.4, -0.2) is 55.1 Å². The van der Waals surface area contributed by atoms with Gasteiger partial charge >= 0.3 is 0 Å². The molecule has 3 heteroatoms. The van der Waals surface area contributed by atoms with Gasteiger partial charge in [0.1, 0.15) is 0 Å². The highest BCUT2D eigenvalue weighted by atomic mass is 15.2. The average Bonchev–Trinajstić information content (AvgIpc) is 2.44. The topological polar surface area (TPSA) is 32.5 Å². The Bertz CT molecular complexity index is 295. The minimum absolute atomic E-state index is 0.329. The van der Waals surface area contributed by atoms with Crippen LogP contribution in [0.3, 0.4) is 0 Å². The maximum absolute atomic E-state index is 6.54. The largest absolute Gasteiger partial charge is 0.327 e. The highest BCUT2D eigenvalue weighted by Crippen LogP contribution is 2.38. The second kappa shape index (κ2) is 6.76. The van der Waals surface area contributed by atoms with Crippen LogP contribution in [0.2, 0.25) is 0 Å². The first kappa shape index (κ1) is 16.3. The van der Waals surface area contributed by atoms with E-state index in [4.69, 9.17) is 5.73 Å². The van der Waals surface area contributed by atoms with Crippen molar-refractivity contribution in [2.24, 2.45) is 17.1 Å². The fraction of sp³-hybridized carbons (Fsp3) is 1.00. The molecular formula is C17H35N3. The van der Waals surface area contributed by atoms with Crippen LogP contribution in [0, 0.1) is 11.3 Å². The molecule has 3 nitrogen and oxygen atoms in total. The lowest BCUT2D eigenvalue weighted by Crippen LogP contribution is -2.52. The summed E-state index contributed by atoms with van der Waals surface area (Å²) in [7, 11) is 2.32. The molecule has 2 unspecified atom stereocenters. The molecule has 1 saturated carbocycles. The molecule has 0 amide bonds. The van der Waals surface area contributed by atoms with Gasteiger partial charge in [-0.15, -0.1) is 0 Å². The number of hydrogen-bond donors (Lipinski definition) is 1. The van der Waals surface area contributed by atoms with Gasteiger partial charge in [-0.1, -0.05) is 27.2 Å². The van der Waals surface area contributed by atoms with Crippen LogP contribution in [0.4, 0.5) is 0 Å². The first-order valence-electron chi connectivity index (χ1n) is 8.62. The van der Waals surface area contributed by atoms with Gasteiger partial charge in [-0.05, 0) is 63.7 Å². The van der Waals surface area contributed by atoms with Crippen molar-refractivity contribution in [3.05, 3.63) is 0 Å². The summed E-state index contributed by atoms with van der Waals surface area (Å²) in [6.45, 7) is 11.9. The van der Waals surface area contributed by atoms with Crippen LogP contribution in [0.25, 0.3) is 0 Å². The third-order valence-electron chi connectivity index (χ3n) is 5.96. The molecule has 1 aliphatic heterocycles. The second-order valence-electron chi connectivity index (χ2n) is 7.77. The predicted molar refractivity (Wildman–Crippen MR) is 86.9 cm³/mol. The fourth-order valence-electron chi connectivity index (χ4n) is 4.20. The lowest BCUT2D eigenvalue weighted by atomic mass is 9.68. The monoisotopic (exact) mass is 281 g/mol. The van der Waals surface area contributed by atoms with Gasteiger partial charge in [0.2, 0.25) is 0 Å². The summed E-state index contributed by atoms with van der Waals surface area (Å²) in [6, 6.07) is 1.14. The summed E-state index contributed by atoms with van der Waals surface area (Å²) >= 11 is 0. The first-order valence-corrected chi connectivity index (χ1v) is 8.62. The second-order valence-corrected chi connectivity index (χ2v) is 7.77. The van der Waals surface area contributed by atoms with Gasteiger partial charge in [0.15, 0.2) is 0 Å². The molecule has 2 aliphatic rings. The van der Waals surface area contributed by atoms with Crippen LogP contribution < -0.4 is 5.73 Å². The minimum Gasteiger partial charge on any atom is -0.327 e. The molecule has 0 aromatic rings. The first-order chi connectivity index (χ1) is 9.44. The van der Waals surface area contributed by atoms with Gasteiger partial charge < -0.3 is 15.5 Å². The summed E-state index contributed by atoms with van der Waals surface area (Å²) in [5, 5.41) is 0. The van der Waals surface area contributed by atoms with Gasteiger partial charge in [-0.25, -0.2) is 0 Å². The SMILES string of the molecule is CCN1CCC(N(C)CC2CCCC(C)(C)C2N)CC1. The Balaban J connectivity index is 1.83. The molecule has 1 heterocycles. The molecule has 2 N–H and O–H groups in total. The Labute approximate surface area is 125 Å². The van der Waals surface area contributed by atoms with Crippen LogP contribution >= 0.6 is 0 Å². The predicted octanol–water partition coefficient (Wildman–Crippen LogP) is 2.56. The highest BCUT2D eigenvalue weighted by molar-refractivity contribution is 4.93. The number of likely N-dealkylation sites (tertiary alicyclic amines) is 1. The molecule has 2 atom stereocenters. The van der Waals surface area contributed by atoms with Crippen LogP contribution in [0.1, 0.15) is 52.9 Å². The quantitative estimate of drug-likeness (QED) is 0.859. The standard InChI is InChI=1S/C17H35N3/c1-5-20-11-8-15(9-12-20)19(4)13-14-7-6-10-17(2,3)16(14)18/h14-16H,5-13,18H2,1-4H3. The number of nitrogens with zero attached hydrogens (tertiary/aromatic N) is 2. The molecule has 0 radical (unpaired) electrons. The van der Waals surface area contributed by atoms with E-state index in [2.05, 4.69) is 37.6 Å². The van der Waals surface area contributed by atoms with E-state index in [9.17, 15) is 0 Å². The Morgan fingerprint density at radius 3 is 2.45 bits per heavy atom. The van der Waals surface area contributed by atoms with Gasteiger partial charge in [-0.3, -0.25) is 0 Å². The van der Waals surface area contributed by atoms with Crippen molar-refractivity contribution in [1.29, 1.82) is 0 Å². The van der Waals surface area contributed by atoms with Crippen LogP contribution in [0.5, 0.6) is 0 Å². The minimum atomic E-state index is 0.329. The molecule has 0 aromatic heterocycles. The lowest BCUT2D eigenvalue weighted by molar-refractivity contribution is 0.0741. The normalized spacial score (nSPS) is 32.7. The molecule has 20 heavy (non-hydrogen) atoms. The van der Waals surface area contributed by atoms with E-state index in [0.717, 1.165) is 6.04 Å². The third-order valence-corrected chi connectivity index (χ3v) is 5.96. The molecule has 118 valence electrons. The third kappa shape index (κ3) is 3.75. The van der Waals surface area contributed by atoms with Gasteiger partial charge in [0.25, 0.3) is 0 Å². The summed E-state index contributed by atoms with van der Waals surface area (Å²) in [5.74, 6) is 0.688. The zero-order valence-corrected chi connectivity index (χ0v) is 14.1. The highest BCUT2D eigenvalue weighted by Gasteiger charge is 2.37. The number of rotatable bonds is 4. The lowest BCUT2D eigenvalue weighted by Gasteiger charge is -2.45. The number of nitrogens with two attached hydrogens (primary N) is 1. The maximum atomic E-state index is 6.54. The summed E-state index contributed by atoms with van der Waals surface area (Å²) < 4.78 is 0. The van der Waals surface area contributed by atoms with Crippen LogP contribution in [0.15, 0.2) is 0 Å².